The maximum absolute atomic E-state index is 13.7. The van der Waals surface area contributed by atoms with Crippen LogP contribution in [-0.4, -0.2) is 10.4 Å². The van der Waals surface area contributed by atoms with Gasteiger partial charge in [0.1, 0.15) is 0 Å². The number of benzene rings is 2. The Bertz CT molecular complexity index is 1220. The zero-order valence-electron chi connectivity index (χ0n) is 17.5. The average molecular weight is 394 g/mol. The van der Waals surface area contributed by atoms with Crippen molar-refractivity contribution in [2.24, 2.45) is 11.8 Å². The first-order chi connectivity index (χ1) is 14.7. The van der Waals surface area contributed by atoms with E-state index in [0.29, 0.717) is 11.7 Å². The number of Topliss-reactive ketones (excluding diaryl/α,β-unsaturated/α-hetero) is 1. The molecule has 1 aromatic heterocycles. The van der Waals surface area contributed by atoms with Crippen LogP contribution in [0.3, 0.4) is 0 Å². The molecule has 1 aliphatic heterocycles. The van der Waals surface area contributed by atoms with Gasteiger partial charge in [0.15, 0.2) is 5.78 Å². The second kappa shape index (κ2) is 6.84. The number of carbonyl (C=O) groups excluding carboxylic acids is 1. The van der Waals surface area contributed by atoms with Crippen LogP contribution in [-0.2, 0) is 19.4 Å². The molecule has 0 amide bonds. The molecule has 2 aromatic carbocycles. The largest absolute Gasteiger partial charge is 0.344 e. The number of ketones is 1. The van der Waals surface area contributed by atoms with Crippen molar-refractivity contribution in [2.75, 3.05) is 0 Å². The number of hydrogen-bond acceptors (Lipinski definition) is 1. The Morgan fingerprint density at radius 1 is 1.07 bits per heavy atom. The summed E-state index contributed by atoms with van der Waals surface area (Å²) in [5.74, 6) is 0.827. The highest BCUT2D eigenvalue weighted by atomic mass is 16.1. The van der Waals surface area contributed by atoms with Crippen molar-refractivity contribution in [1.82, 2.24) is 4.57 Å². The molecule has 3 aliphatic rings. The van der Waals surface area contributed by atoms with E-state index in [1.807, 2.05) is 0 Å². The molecule has 2 aliphatic carbocycles. The Morgan fingerprint density at radius 3 is 2.80 bits per heavy atom. The third-order valence-corrected chi connectivity index (χ3v) is 7.39. The number of fused-ring (bicyclic) bond motifs is 3. The number of rotatable bonds is 3. The Morgan fingerprint density at radius 2 is 1.93 bits per heavy atom. The molecule has 0 N–H and O–H groups in total. The SMILES string of the molecule is Cc1ccc(C2=CC=CC2C[C@H]2CCc3c(c4cccc5c4n3CCC5)C2=O)cc1. The van der Waals surface area contributed by atoms with Crippen LogP contribution in [0.25, 0.3) is 16.5 Å². The van der Waals surface area contributed by atoms with Gasteiger partial charge in [-0.15, -0.1) is 0 Å². The van der Waals surface area contributed by atoms with E-state index in [0.717, 1.165) is 37.8 Å². The van der Waals surface area contributed by atoms with Gasteiger partial charge in [0, 0.05) is 35.0 Å². The zero-order chi connectivity index (χ0) is 20.2. The van der Waals surface area contributed by atoms with Crippen LogP contribution in [0.2, 0.25) is 0 Å². The molecule has 0 fully saturated rings. The third-order valence-electron chi connectivity index (χ3n) is 7.39. The van der Waals surface area contributed by atoms with E-state index >= 15 is 0 Å². The summed E-state index contributed by atoms with van der Waals surface area (Å²) >= 11 is 0. The summed E-state index contributed by atoms with van der Waals surface area (Å²) in [5.41, 5.74) is 9.01. The molecular weight excluding hydrogens is 366 g/mol. The molecule has 0 bridgehead atoms. The third kappa shape index (κ3) is 2.66. The molecule has 2 heteroatoms. The van der Waals surface area contributed by atoms with Crippen LogP contribution in [0.5, 0.6) is 0 Å². The van der Waals surface area contributed by atoms with Crippen molar-refractivity contribution in [3.8, 4) is 0 Å². The minimum absolute atomic E-state index is 0.113. The summed E-state index contributed by atoms with van der Waals surface area (Å²) in [5, 5.41) is 1.20. The molecule has 30 heavy (non-hydrogen) atoms. The summed E-state index contributed by atoms with van der Waals surface area (Å²) in [6.07, 6.45) is 11.9. The molecule has 150 valence electrons. The van der Waals surface area contributed by atoms with Crippen molar-refractivity contribution >= 4 is 22.3 Å². The summed E-state index contributed by atoms with van der Waals surface area (Å²) in [4.78, 5) is 13.7. The van der Waals surface area contributed by atoms with E-state index < -0.39 is 0 Å². The van der Waals surface area contributed by atoms with Crippen LogP contribution in [0.1, 0.15) is 52.0 Å². The number of para-hydroxylation sites is 1. The van der Waals surface area contributed by atoms with Gasteiger partial charge in [-0.05, 0) is 55.7 Å². The Labute approximate surface area is 177 Å². The highest BCUT2D eigenvalue weighted by molar-refractivity contribution is 6.12. The first kappa shape index (κ1) is 17.9. The topological polar surface area (TPSA) is 22.0 Å². The van der Waals surface area contributed by atoms with Crippen LogP contribution >= 0.6 is 0 Å². The Hall–Kier alpha value is -2.87. The quantitative estimate of drug-likeness (QED) is 0.512. The van der Waals surface area contributed by atoms with E-state index in [1.54, 1.807) is 0 Å². The summed E-state index contributed by atoms with van der Waals surface area (Å²) in [6.45, 7) is 3.19. The maximum atomic E-state index is 13.7. The van der Waals surface area contributed by atoms with Gasteiger partial charge in [-0.1, -0.05) is 66.3 Å². The average Bonchev–Trinajstić information content (AvgIpc) is 3.36. The predicted octanol–water partition coefficient (Wildman–Crippen LogP) is 6.30. The minimum Gasteiger partial charge on any atom is -0.344 e. The fourth-order valence-corrected chi connectivity index (χ4v) is 5.91. The predicted molar refractivity (Wildman–Crippen MR) is 123 cm³/mol. The van der Waals surface area contributed by atoms with Gasteiger partial charge < -0.3 is 4.57 Å². The van der Waals surface area contributed by atoms with E-state index in [2.05, 4.69) is 72.2 Å². The summed E-state index contributed by atoms with van der Waals surface area (Å²) in [7, 11) is 0. The molecule has 0 radical (unpaired) electrons. The van der Waals surface area contributed by atoms with Gasteiger partial charge in [-0.25, -0.2) is 0 Å². The van der Waals surface area contributed by atoms with Gasteiger partial charge in [0.25, 0.3) is 0 Å². The first-order valence-corrected chi connectivity index (χ1v) is 11.3. The molecule has 6 rings (SSSR count). The van der Waals surface area contributed by atoms with E-state index in [1.165, 1.54) is 45.3 Å². The number of hydrogen-bond donors (Lipinski definition) is 0. The lowest BCUT2D eigenvalue weighted by molar-refractivity contribution is 0.0891. The Kier molecular flexibility index (Phi) is 4.09. The highest BCUT2D eigenvalue weighted by Gasteiger charge is 2.35. The normalized spacial score (nSPS) is 22.4. The minimum atomic E-state index is 0.113. The molecule has 0 saturated heterocycles. The van der Waals surface area contributed by atoms with Gasteiger partial charge >= 0.3 is 0 Å². The van der Waals surface area contributed by atoms with Gasteiger partial charge in [-0.3, -0.25) is 4.79 Å². The van der Waals surface area contributed by atoms with Crippen molar-refractivity contribution in [3.63, 3.8) is 0 Å². The van der Waals surface area contributed by atoms with E-state index in [4.69, 9.17) is 0 Å². The summed E-state index contributed by atoms with van der Waals surface area (Å²) in [6, 6.07) is 15.3. The highest BCUT2D eigenvalue weighted by Crippen LogP contribution is 2.42. The molecular formula is C28H27NO. The number of nitrogens with zero attached hydrogens (tertiary/aromatic N) is 1. The smallest absolute Gasteiger partial charge is 0.168 e. The monoisotopic (exact) mass is 393 g/mol. The van der Waals surface area contributed by atoms with Crippen molar-refractivity contribution in [3.05, 3.63) is 88.6 Å². The van der Waals surface area contributed by atoms with Gasteiger partial charge in [0.2, 0.25) is 0 Å². The van der Waals surface area contributed by atoms with Crippen molar-refractivity contribution < 1.29 is 4.79 Å². The second-order valence-corrected chi connectivity index (χ2v) is 9.21. The standard InChI is InChI=1S/C28H27NO/c1-18-10-12-19(13-11-18)23-8-3-6-21(23)17-22-14-15-25-26(28(22)30)24-9-2-5-20-7-4-16-29(25)27(20)24/h2-3,5-6,8-13,21-22H,4,7,14-17H2,1H3/t21?,22-/m1/s1. The fraction of sp³-hybridized carbons (Fsp3) is 0.321. The van der Waals surface area contributed by atoms with Crippen LogP contribution in [0.4, 0.5) is 0 Å². The van der Waals surface area contributed by atoms with Crippen LogP contribution < -0.4 is 0 Å². The number of aromatic nitrogens is 1. The number of allylic oxidation sites excluding steroid dienone is 4. The van der Waals surface area contributed by atoms with Crippen molar-refractivity contribution in [1.29, 1.82) is 0 Å². The fourth-order valence-electron chi connectivity index (χ4n) is 5.91. The van der Waals surface area contributed by atoms with E-state index in [9.17, 15) is 4.79 Å². The van der Waals surface area contributed by atoms with Crippen LogP contribution in [0.15, 0.2) is 60.7 Å². The van der Waals surface area contributed by atoms with E-state index in [-0.39, 0.29) is 5.92 Å². The Balaban J connectivity index is 1.32. The molecule has 0 spiro atoms. The molecule has 1 unspecified atom stereocenters. The lowest BCUT2D eigenvalue weighted by Gasteiger charge is -2.26. The number of carbonyl (C=O) groups is 1. The molecule has 2 heterocycles. The first-order valence-electron chi connectivity index (χ1n) is 11.3. The van der Waals surface area contributed by atoms with Crippen molar-refractivity contribution in [2.45, 2.75) is 45.6 Å². The molecule has 2 nitrogen and oxygen atoms in total. The molecule has 2 atom stereocenters. The van der Waals surface area contributed by atoms with Gasteiger partial charge in [0.05, 0.1) is 5.52 Å². The lowest BCUT2D eigenvalue weighted by Crippen LogP contribution is -2.25. The lowest BCUT2D eigenvalue weighted by atomic mass is 9.78. The van der Waals surface area contributed by atoms with Crippen LogP contribution in [0, 0.1) is 18.8 Å². The maximum Gasteiger partial charge on any atom is 0.168 e. The zero-order valence-corrected chi connectivity index (χ0v) is 17.5. The number of aryl methyl sites for hydroxylation is 3. The molecule has 0 saturated carbocycles. The summed E-state index contributed by atoms with van der Waals surface area (Å²) < 4.78 is 2.46. The second-order valence-electron chi connectivity index (χ2n) is 9.21. The molecule has 3 aromatic rings. The van der Waals surface area contributed by atoms with Gasteiger partial charge in [-0.2, -0.15) is 0 Å².